The van der Waals surface area contributed by atoms with E-state index in [0.29, 0.717) is 5.13 Å². The highest BCUT2D eigenvalue weighted by atomic mass is 79.9. The number of carbonyl (C=O) groups is 1. The fraction of sp³-hybridized carbons (Fsp3) is 0.333. The van der Waals surface area contributed by atoms with E-state index in [1.54, 1.807) is 13.8 Å². The van der Waals surface area contributed by atoms with Gasteiger partial charge in [0.25, 0.3) is 0 Å². The Morgan fingerprint density at radius 1 is 1.44 bits per heavy atom. The van der Waals surface area contributed by atoms with E-state index in [4.69, 9.17) is 0 Å². The van der Waals surface area contributed by atoms with Gasteiger partial charge in [-0.3, -0.25) is 4.79 Å². The Kier molecular flexibility index (Phi) is 3.80. The lowest BCUT2D eigenvalue weighted by Crippen LogP contribution is -2.30. The summed E-state index contributed by atoms with van der Waals surface area (Å²) < 4.78 is 1.50. The van der Waals surface area contributed by atoms with Gasteiger partial charge in [0.15, 0.2) is 5.13 Å². The second kappa shape index (κ2) is 4.90. The maximum Gasteiger partial charge on any atom is 0.242 e. The maximum atomic E-state index is 11.8. The molecule has 3 nitrogen and oxygen atoms in total. The quantitative estimate of drug-likeness (QED) is 0.766. The van der Waals surface area contributed by atoms with Crippen LogP contribution in [-0.4, -0.2) is 15.2 Å². The third-order valence-corrected chi connectivity index (χ3v) is 4.58. The molecule has 18 heavy (non-hydrogen) atoms. The second-order valence-electron chi connectivity index (χ2n) is 4.51. The molecule has 0 saturated heterocycles. The van der Waals surface area contributed by atoms with E-state index in [1.807, 2.05) is 13.0 Å². The Hall–Kier alpha value is -0.460. The van der Waals surface area contributed by atoms with Crippen LogP contribution in [0.15, 0.2) is 16.6 Å². The summed E-state index contributed by atoms with van der Waals surface area (Å²) in [6.45, 7) is 5.63. The molecule has 2 rings (SSSR count). The minimum Gasteiger partial charge on any atom is -0.301 e. The number of alkyl halides is 1. The third-order valence-electron chi connectivity index (χ3n) is 2.43. The number of benzene rings is 1. The fourth-order valence-electron chi connectivity index (χ4n) is 1.35. The summed E-state index contributed by atoms with van der Waals surface area (Å²) in [5.74, 6) is -0.0997. The highest BCUT2D eigenvalue weighted by molar-refractivity contribution is 9.10. The molecule has 0 aliphatic rings. The van der Waals surface area contributed by atoms with E-state index in [0.717, 1.165) is 20.3 Å². The van der Waals surface area contributed by atoms with Gasteiger partial charge in [0.05, 0.1) is 14.5 Å². The molecule has 0 saturated carbocycles. The van der Waals surface area contributed by atoms with E-state index < -0.39 is 4.32 Å². The first-order chi connectivity index (χ1) is 8.27. The van der Waals surface area contributed by atoms with Crippen LogP contribution in [-0.2, 0) is 4.79 Å². The van der Waals surface area contributed by atoms with E-state index in [-0.39, 0.29) is 5.91 Å². The molecule has 0 bridgehead atoms. The number of nitrogens with zero attached hydrogens (tertiary/aromatic N) is 1. The number of anilines is 1. The zero-order chi connectivity index (χ0) is 13.5. The van der Waals surface area contributed by atoms with E-state index in [9.17, 15) is 4.79 Å². The highest BCUT2D eigenvalue weighted by Crippen LogP contribution is 2.31. The van der Waals surface area contributed by atoms with Gasteiger partial charge in [0.2, 0.25) is 5.91 Å². The number of halogens is 2. The predicted molar refractivity (Wildman–Crippen MR) is 83.7 cm³/mol. The molecule has 0 aliphatic carbocycles. The van der Waals surface area contributed by atoms with Gasteiger partial charge in [-0.15, -0.1) is 0 Å². The minimum atomic E-state index is -0.596. The number of thiazole rings is 1. The molecular weight excluding hydrogens is 380 g/mol. The average Bonchev–Trinajstić information content (AvgIpc) is 2.59. The molecule has 1 aromatic carbocycles. The van der Waals surface area contributed by atoms with Crippen molar-refractivity contribution in [1.82, 2.24) is 4.98 Å². The lowest BCUT2D eigenvalue weighted by molar-refractivity contribution is -0.117. The first kappa shape index (κ1) is 14.0. The molecule has 0 unspecified atom stereocenters. The first-order valence-corrected chi connectivity index (χ1v) is 7.74. The van der Waals surface area contributed by atoms with Crippen molar-refractivity contribution in [3.63, 3.8) is 0 Å². The fourth-order valence-corrected chi connectivity index (χ4v) is 2.72. The van der Waals surface area contributed by atoms with Crippen molar-refractivity contribution in [3.8, 4) is 0 Å². The summed E-state index contributed by atoms with van der Waals surface area (Å²) >= 11 is 8.28. The molecule has 0 atom stereocenters. The van der Waals surface area contributed by atoms with E-state index >= 15 is 0 Å². The van der Waals surface area contributed by atoms with Crippen LogP contribution in [0.3, 0.4) is 0 Å². The molecular formula is C12H12Br2N2OS. The van der Waals surface area contributed by atoms with Crippen molar-refractivity contribution in [2.75, 3.05) is 5.32 Å². The van der Waals surface area contributed by atoms with Crippen LogP contribution in [0.2, 0.25) is 0 Å². The average molecular weight is 392 g/mol. The molecule has 1 heterocycles. The lowest BCUT2D eigenvalue weighted by atomic mass is 10.2. The molecule has 0 spiro atoms. The Morgan fingerprint density at radius 2 is 2.11 bits per heavy atom. The normalized spacial score (nSPS) is 11.8. The molecule has 6 heteroatoms. The van der Waals surface area contributed by atoms with Gasteiger partial charge in [-0.05, 0) is 38.5 Å². The van der Waals surface area contributed by atoms with Gasteiger partial charge < -0.3 is 5.32 Å². The van der Waals surface area contributed by atoms with Gasteiger partial charge in [0.1, 0.15) is 0 Å². The van der Waals surface area contributed by atoms with Gasteiger partial charge >= 0.3 is 0 Å². The van der Waals surface area contributed by atoms with Crippen LogP contribution >= 0.6 is 43.2 Å². The Bertz CT molecular complexity index is 577. The van der Waals surface area contributed by atoms with E-state index in [1.165, 1.54) is 11.3 Å². The predicted octanol–water partition coefficient (Wildman–Crippen LogP) is 4.48. The summed E-state index contributed by atoms with van der Waals surface area (Å²) in [6.07, 6.45) is 0. The minimum absolute atomic E-state index is 0.0997. The smallest absolute Gasteiger partial charge is 0.242 e. The Labute approximate surface area is 126 Å². The third kappa shape index (κ3) is 2.92. The van der Waals surface area contributed by atoms with Gasteiger partial charge in [0, 0.05) is 4.47 Å². The molecule has 1 N–H and O–H groups in total. The summed E-state index contributed by atoms with van der Waals surface area (Å²) in [5, 5.41) is 3.44. The van der Waals surface area contributed by atoms with E-state index in [2.05, 4.69) is 48.2 Å². The van der Waals surface area contributed by atoms with Crippen molar-refractivity contribution < 1.29 is 4.79 Å². The zero-order valence-corrected chi connectivity index (χ0v) is 14.2. The lowest BCUT2D eigenvalue weighted by Gasteiger charge is -2.13. The van der Waals surface area contributed by atoms with Crippen molar-refractivity contribution in [1.29, 1.82) is 0 Å². The molecule has 2 aromatic rings. The number of aromatic nitrogens is 1. The van der Waals surface area contributed by atoms with Crippen molar-refractivity contribution in [3.05, 3.63) is 22.2 Å². The Balaban J connectivity index is 2.34. The summed E-state index contributed by atoms with van der Waals surface area (Å²) in [7, 11) is 0. The molecule has 1 aromatic heterocycles. The summed E-state index contributed by atoms with van der Waals surface area (Å²) in [5.41, 5.74) is 2.05. The SMILES string of the molecule is Cc1cc2sc(NC(=O)C(C)(C)Br)nc2cc1Br. The van der Waals surface area contributed by atoms with Crippen LogP contribution in [0.25, 0.3) is 10.2 Å². The largest absolute Gasteiger partial charge is 0.301 e. The number of aryl methyl sites for hydroxylation is 1. The van der Waals surface area contributed by atoms with Crippen LogP contribution in [0.5, 0.6) is 0 Å². The topological polar surface area (TPSA) is 42.0 Å². The maximum absolute atomic E-state index is 11.8. The molecule has 96 valence electrons. The number of hydrogen-bond acceptors (Lipinski definition) is 3. The Morgan fingerprint density at radius 3 is 2.72 bits per heavy atom. The number of nitrogens with one attached hydrogen (secondary N) is 1. The van der Waals surface area contributed by atoms with Gasteiger partial charge in [-0.25, -0.2) is 4.98 Å². The number of rotatable bonds is 2. The summed E-state index contributed by atoms with van der Waals surface area (Å²) in [4.78, 5) is 16.2. The number of fused-ring (bicyclic) bond motifs is 1. The second-order valence-corrected chi connectivity index (χ2v) is 8.38. The zero-order valence-electron chi connectivity index (χ0n) is 10.2. The van der Waals surface area contributed by atoms with Crippen molar-refractivity contribution >= 4 is 64.5 Å². The molecule has 1 amide bonds. The van der Waals surface area contributed by atoms with Crippen LogP contribution < -0.4 is 5.32 Å². The molecule has 0 radical (unpaired) electrons. The van der Waals surface area contributed by atoms with Crippen LogP contribution in [0, 0.1) is 6.92 Å². The summed E-state index contributed by atoms with van der Waals surface area (Å²) in [6, 6.07) is 4.03. The standard InChI is InChI=1S/C12H12Br2N2OS/c1-6-4-9-8(5-7(6)13)15-11(18-9)16-10(17)12(2,3)14/h4-5H,1-3H3,(H,15,16,17). The van der Waals surface area contributed by atoms with Gasteiger partial charge in [-0.1, -0.05) is 43.2 Å². The number of hydrogen-bond donors (Lipinski definition) is 1. The van der Waals surface area contributed by atoms with Crippen molar-refractivity contribution in [2.45, 2.75) is 25.1 Å². The first-order valence-electron chi connectivity index (χ1n) is 5.34. The van der Waals surface area contributed by atoms with Gasteiger partial charge in [-0.2, -0.15) is 0 Å². The molecule has 0 fully saturated rings. The van der Waals surface area contributed by atoms with Crippen LogP contribution in [0.4, 0.5) is 5.13 Å². The van der Waals surface area contributed by atoms with Crippen molar-refractivity contribution in [2.24, 2.45) is 0 Å². The number of carbonyl (C=O) groups excluding carboxylic acids is 1. The highest BCUT2D eigenvalue weighted by Gasteiger charge is 2.24. The number of amides is 1. The monoisotopic (exact) mass is 390 g/mol. The van der Waals surface area contributed by atoms with Crippen LogP contribution in [0.1, 0.15) is 19.4 Å². The molecule has 0 aliphatic heterocycles.